The fourth-order valence-electron chi connectivity index (χ4n) is 6.99. The molecule has 2 N–H and O–H groups in total. The van der Waals surface area contributed by atoms with Crippen molar-refractivity contribution in [2.24, 2.45) is 11.8 Å². The lowest BCUT2D eigenvalue weighted by atomic mass is 9.78. The summed E-state index contributed by atoms with van der Waals surface area (Å²) >= 11 is 0. The van der Waals surface area contributed by atoms with E-state index in [9.17, 15) is 24.3 Å². The van der Waals surface area contributed by atoms with Gasteiger partial charge in [0.2, 0.25) is 17.7 Å². The van der Waals surface area contributed by atoms with Gasteiger partial charge in [-0.2, -0.15) is 0 Å². The highest BCUT2D eigenvalue weighted by atomic mass is 16.6. The Balaban J connectivity index is 1.52. The second-order valence-corrected chi connectivity index (χ2v) is 12.2. The molecule has 5 rings (SSSR count). The number of aliphatic hydroxyl groups is 1. The van der Waals surface area contributed by atoms with E-state index in [-0.39, 0.29) is 37.3 Å². The first-order valence-electron chi connectivity index (χ1n) is 16.2. The van der Waals surface area contributed by atoms with Gasteiger partial charge in [-0.15, -0.1) is 0 Å². The van der Waals surface area contributed by atoms with E-state index in [1.54, 1.807) is 15.9 Å². The van der Waals surface area contributed by atoms with Crippen molar-refractivity contribution in [2.45, 2.75) is 82.1 Å². The highest BCUT2D eigenvalue weighted by Gasteiger charge is 2.71. The van der Waals surface area contributed by atoms with E-state index in [0.29, 0.717) is 38.9 Å². The first-order valence-corrected chi connectivity index (χ1v) is 16.2. The van der Waals surface area contributed by atoms with Crippen LogP contribution in [0.1, 0.15) is 70.0 Å². The third-order valence-corrected chi connectivity index (χ3v) is 9.22. The van der Waals surface area contributed by atoms with Crippen molar-refractivity contribution in [1.82, 2.24) is 15.1 Å². The van der Waals surface area contributed by atoms with Gasteiger partial charge in [0.1, 0.15) is 23.7 Å². The van der Waals surface area contributed by atoms with Crippen molar-refractivity contribution in [2.75, 3.05) is 32.8 Å². The number of cyclic esters (lactones) is 1. The van der Waals surface area contributed by atoms with Gasteiger partial charge in [0.05, 0.1) is 18.6 Å². The SMILES string of the molecule is CCCCN1CC=C[C@@]23O[C@H]4/C=C\CCC(=O)NC[C@H](c5ccccc5)OC(=O)[C@H]4[C@@H]2C(=O)N(CCCCCCO)[C@H]3C1=O. The molecule has 2 saturated heterocycles. The molecule has 238 valence electrons. The number of ether oxygens (including phenoxy) is 2. The smallest absolute Gasteiger partial charge is 0.313 e. The van der Waals surface area contributed by atoms with E-state index < -0.39 is 41.7 Å². The Kier molecular flexibility index (Phi) is 10.5. The van der Waals surface area contributed by atoms with Gasteiger partial charge in [0, 0.05) is 32.7 Å². The third-order valence-electron chi connectivity index (χ3n) is 9.22. The van der Waals surface area contributed by atoms with Crippen LogP contribution in [0.3, 0.4) is 0 Å². The molecule has 0 aromatic heterocycles. The molecule has 0 saturated carbocycles. The van der Waals surface area contributed by atoms with E-state index in [4.69, 9.17) is 9.47 Å². The van der Waals surface area contributed by atoms with Crippen LogP contribution in [0, 0.1) is 11.8 Å². The Morgan fingerprint density at radius 1 is 0.977 bits per heavy atom. The Morgan fingerprint density at radius 3 is 2.55 bits per heavy atom. The van der Waals surface area contributed by atoms with Crippen LogP contribution in [-0.2, 0) is 28.7 Å². The molecule has 1 aromatic rings. The predicted molar refractivity (Wildman–Crippen MR) is 163 cm³/mol. The summed E-state index contributed by atoms with van der Waals surface area (Å²) in [6.07, 6.45) is 11.2. The number of hydrogen-bond donors (Lipinski definition) is 2. The summed E-state index contributed by atoms with van der Waals surface area (Å²) in [7, 11) is 0. The zero-order valence-corrected chi connectivity index (χ0v) is 25.6. The molecule has 0 unspecified atom stereocenters. The van der Waals surface area contributed by atoms with Crippen LogP contribution in [0.15, 0.2) is 54.6 Å². The van der Waals surface area contributed by atoms with E-state index in [2.05, 4.69) is 12.2 Å². The molecule has 2 fully saturated rings. The highest BCUT2D eigenvalue weighted by Crippen LogP contribution is 2.53. The number of rotatable bonds is 10. The van der Waals surface area contributed by atoms with Gasteiger partial charge in [0.15, 0.2) is 0 Å². The number of nitrogens with zero attached hydrogens (tertiary/aromatic N) is 2. The van der Waals surface area contributed by atoms with Crippen molar-refractivity contribution in [3.8, 4) is 0 Å². The molecule has 0 aliphatic carbocycles. The number of allylic oxidation sites excluding steroid dienone is 1. The quantitative estimate of drug-likeness (QED) is 0.238. The summed E-state index contributed by atoms with van der Waals surface area (Å²) in [5.41, 5.74) is -0.592. The van der Waals surface area contributed by atoms with E-state index >= 15 is 0 Å². The maximum absolute atomic E-state index is 14.4. The van der Waals surface area contributed by atoms with Crippen LogP contribution in [0.25, 0.3) is 0 Å². The van der Waals surface area contributed by atoms with Gasteiger partial charge >= 0.3 is 5.97 Å². The Hall–Kier alpha value is -3.50. The molecule has 4 aliphatic heterocycles. The topological polar surface area (TPSA) is 125 Å². The molecule has 4 heterocycles. The lowest BCUT2D eigenvalue weighted by Gasteiger charge is -2.35. The summed E-state index contributed by atoms with van der Waals surface area (Å²) in [6, 6.07) is 8.33. The number of hydrogen-bond acceptors (Lipinski definition) is 7. The Morgan fingerprint density at radius 2 is 1.77 bits per heavy atom. The van der Waals surface area contributed by atoms with Crippen LogP contribution >= 0.6 is 0 Å². The van der Waals surface area contributed by atoms with Gasteiger partial charge in [0.25, 0.3) is 0 Å². The Labute approximate surface area is 259 Å². The zero-order chi connectivity index (χ0) is 31.1. The predicted octanol–water partition coefficient (Wildman–Crippen LogP) is 3.07. The van der Waals surface area contributed by atoms with Crippen LogP contribution in [-0.4, -0.2) is 89.1 Å². The molecular formula is C34H45N3O7. The van der Waals surface area contributed by atoms with Crippen molar-refractivity contribution < 1.29 is 33.8 Å². The normalized spacial score (nSPS) is 31.3. The molecule has 10 nitrogen and oxygen atoms in total. The number of fused-ring (bicyclic) bond motifs is 2. The number of aliphatic hydroxyl groups excluding tert-OH is 1. The molecule has 0 bridgehead atoms. The van der Waals surface area contributed by atoms with Gasteiger partial charge in [-0.3, -0.25) is 19.2 Å². The Bertz CT molecular complexity index is 1250. The molecule has 1 aromatic carbocycles. The number of likely N-dealkylation sites (tertiary alicyclic amines) is 1. The molecule has 0 radical (unpaired) electrons. The molecular weight excluding hydrogens is 562 g/mol. The summed E-state index contributed by atoms with van der Waals surface area (Å²) < 4.78 is 12.9. The number of unbranched alkanes of at least 4 members (excludes halogenated alkanes) is 4. The van der Waals surface area contributed by atoms with E-state index in [1.165, 1.54) is 0 Å². The minimum absolute atomic E-state index is 0.105. The number of carbonyl (C=O) groups is 4. The van der Waals surface area contributed by atoms with Crippen molar-refractivity contribution in [1.29, 1.82) is 0 Å². The van der Waals surface area contributed by atoms with Crippen LogP contribution in [0.4, 0.5) is 0 Å². The minimum Gasteiger partial charge on any atom is -0.455 e. The summed E-state index contributed by atoms with van der Waals surface area (Å²) in [4.78, 5) is 58.8. The number of carbonyl (C=O) groups excluding carboxylic acids is 4. The maximum atomic E-state index is 14.4. The number of esters is 1. The number of nitrogens with one attached hydrogen (secondary N) is 1. The largest absolute Gasteiger partial charge is 0.455 e. The summed E-state index contributed by atoms with van der Waals surface area (Å²) in [5.74, 6) is -3.09. The fraction of sp³-hybridized carbons (Fsp3) is 0.588. The van der Waals surface area contributed by atoms with E-state index in [0.717, 1.165) is 31.2 Å². The van der Waals surface area contributed by atoms with E-state index in [1.807, 2.05) is 48.6 Å². The summed E-state index contributed by atoms with van der Waals surface area (Å²) in [6.45, 7) is 3.64. The number of amides is 3. The van der Waals surface area contributed by atoms with Crippen LogP contribution in [0.2, 0.25) is 0 Å². The second-order valence-electron chi connectivity index (χ2n) is 12.2. The molecule has 3 amide bonds. The van der Waals surface area contributed by atoms with Gasteiger partial charge in [-0.25, -0.2) is 0 Å². The first kappa shape index (κ1) is 31.9. The minimum atomic E-state index is -1.32. The van der Waals surface area contributed by atoms with Gasteiger partial charge in [-0.05, 0) is 31.2 Å². The fourth-order valence-corrected chi connectivity index (χ4v) is 6.99. The van der Waals surface area contributed by atoms with Crippen molar-refractivity contribution >= 4 is 23.7 Å². The summed E-state index contributed by atoms with van der Waals surface area (Å²) in [5, 5.41) is 12.1. The molecule has 10 heteroatoms. The van der Waals surface area contributed by atoms with Gasteiger partial charge in [-0.1, -0.05) is 80.8 Å². The first-order chi connectivity index (χ1) is 21.4. The standard InChI is InChI=1S/C34H45N3O7/c1-2-3-19-36-20-13-18-34-29(31(40)37(30(34)32(36)41)21-11-4-5-12-22-38)28-25(44-34)16-9-10-17-27(39)35-23-26(43-33(28)42)24-14-7-6-8-15-24/h6-9,13-16,18,25-26,28-30,38H,2-5,10-12,17,19-23H2,1H3,(H,35,39)/b16-9-/t25-,26+,28+,29+,30-,34+/m0/s1. The average Bonchev–Trinajstić information content (AvgIpc) is 3.41. The van der Waals surface area contributed by atoms with Crippen LogP contribution in [0.5, 0.6) is 0 Å². The zero-order valence-electron chi connectivity index (χ0n) is 25.6. The van der Waals surface area contributed by atoms with Gasteiger partial charge < -0.3 is 29.7 Å². The second kappa shape index (κ2) is 14.5. The monoisotopic (exact) mass is 607 g/mol. The van der Waals surface area contributed by atoms with Crippen molar-refractivity contribution in [3.63, 3.8) is 0 Å². The molecule has 44 heavy (non-hydrogen) atoms. The molecule has 6 atom stereocenters. The number of benzene rings is 1. The molecule has 4 aliphatic rings. The third kappa shape index (κ3) is 6.47. The lowest BCUT2D eigenvalue weighted by Crippen LogP contribution is -2.55. The van der Waals surface area contributed by atoms with Crippen LogP contribution < -0.4 is 5.32 Å². The highest BCUT2D eigenvalue weighted by molar-refractivity contribution is 5.99. The average molecular weight is 608 g/mol. The molecule has 1 spiro atoms. The maximum Gasteiger partial charge on any atom is 0.313 e. The lowest BCUT2D eigenvalue weighted by molar-refractivity contribution is -0.160. The van der Waals surface area contributed by atoms with Crippen molar-refractivity contribution in [3.05, 3.63) is 60.2 Å².